The monoisotopic (exact) mass is 227 g/mol. The van der Waals surface area contributed by atoms with Gasteiger partial charge < -0.3 is 10.5 Å². The van der Waals surface area contributed by atoms with Gasteiger partial charge in [-0.25, -0.2) is 0 Å². The molecule has 0 aliphatic rings. The maximum absolute atomic E-state index is 5.88. The zero-order valence-electron chi connectivity index (χ0n) is 10.2. The zero-order valence-corrected chi connectivity index (χ0v) is 10.2. The minimum Gasteiger partial charge on any atom is -0.495 e. The molecular weight excluding hydrogens is 210 g/mol. The fraction of sp³-hybridized carbons (Fsp3) is 0.200. The van der Waals surface area contributed by atoms with Crippen molar-refractivity contribution in [3.05, 3.63) is 59.2 Å². The smallest absolute Gasteiger partial charge is 0.141 e. The second kappa shape index (κ2) is 4.91. The van der Waals surface area contributed by atoms with Crippen LogP contribution in [0.2, 0.25) is 0 Å². The van der Waals surface area contributed by atoms with Gasteiger partial charge in [-0.15, -0.1) is 0 Å². The second-order valence-corrected chi connectivity index (χ2v) is 4.24. The molecular formula is C15H17NO. The normalized spacial score (nSPS) is 10.2. The molecule has 2 rings (SSSR count). The molecule has 88 valence electrons. The number of hydrogen-bond acceptors (Lipinski definition) is 2. The Morgan fingerprint density at radius 3 is 2.24 bits per heavy atom. The van der Waals surface area contributed by atoms with E-state index in [-0.39, 0.29) is 0 Å². The predicted octanol–water partition coefficient (Wildman–Crippen LogP) is 3.18. The topological polar surface area (TPSA) is 35.2 Å². The first-order valence-electron chi connectivity index (χ1n) is 5.67. The Kier molecular flexibility index (Phi) is 3.33. The van der Waals surface area contributed by atoms with Gasteiger partial charge in [-0.1, -0.05) is 35.9 Å². The maximum Gasteiger partial charge on any atom is 0.141 e. The number of aryl methyl sites for hydroxylation is 1. The summed E-state index contributed by atoms with van der Waals surface area (Å²) < 4.78 is 5.14. The quantitative estimate of drug-likeness (QED) is 0.817. The van der Waals surface area contributed by atoms with Crippen molar-refractivity contribution in [2.75, 3.05) is 12.8 Å². The molecule has 2 N–H and O–H groups in total. The van der Waals surface area contributed by atoms with Gasteiger partial charge in [0, 0.05) is 0 Å². The first kappa shape index (κ1) is 11.5. The van der Waals surface area contributed by atoms with Crippen molar-refractivity contribution in [1.82, 2.24) is 0 Å². The summed E-state index contributed by atoms with van der Waals surface area (Å²) in [6.07, 6.45) is 0.897. The number of anilines is 1. The van der Waals surface area contributed by atoms with Crippen molar-refractivity contribution < 1.29 is 4.74 Å². The van der Waals surface area contributed by atoms with Gasteiger partial charge in [0.05, 0.1) is 12.8 Å². The Morgan fingerprint density at radius 1 is 1.00 bits per heavy atom. The van der Waals surface area contributed by atoms with Crippen molar-refractivity contribution in [3.63, 3.8) is 0 Å². The molecule has 0 saturated carbocycles. The van der Waals surface area contributed by atoms with Gasteiger partial charge in [0.15, 0.2) is 0 Å². The highest BCUT2D eigenvalue weighted by molar-refractivity contribution is 5.54. The van der Waals surface area contributed by atoms with Crippen LogP contribution in [0.15, 0.2) is 42.5 Å². The van der Waals surface area contributed by atoms with E-state index < -0.39 is 0 Å². The maximum atomic E-state index is 5.88. The molecule has 0 spiro atoms. The lowest BCUT2D eigenvalue weighted by molar-refractivity contribution is 0.417. The molecule has 0 aliphatic heterocycles. The highest BCUT2D eigenvalue weighted by Gasteiger charge is 2.01. The molecule has 0 amide bonds. The van der Waals surface area contributed by atoms with E-state index in [1.54, 1.807) is 7.11 Å². The van der Waals surface area contributed by atoms with Crippen LogP contribution in [0.4, 0.5) is 5.69 Å². The number of nitrogens with two attached hydrogens (primary N) is 1. The third-order valence-electron chi connectivity index (χ3n) is 2.82. The molecule has 0 aromatic heterocycles. The molecule has 17 heavy (non-hydrogen) atoms. The SMILES string of the molecule is COc1ccc(Cc2ccc(C)cc2)cc1N. The Morgan fingerprint density at radius 2 is 1.65 bits per heavy atom. The van der Waals surface area contributed by atoms with Crippen LogP contribution in [-0.2, 0) is 6.42 Å². The largest absolute Gasteiger partial charge is 0.495 e. The lowest BCUT2D eigenvalue weighted by atomic mass is 10.0. The number of hydrogen-bond donors (Lipinski definition) is 1. The molecule has 0 heterocycles. The number of methoxy groups -OCH3 is 1. The Bertz CT molecular complexity index is 503. The summed E-state index contributed by atoms with van der Waals surface area (Å²) >= 11 is 0. The van der Waals surface area contributed by atoms with Gasteiger partial charge in [-0.05, 0) is 36.6 Å². The van der Waals surface area contributed by atoms with Gasteiger partial charge in [0.2, 0.25) is 0 Å². The lowest BCUT2D eigenvalue weighted by Gasteiger charge is -2.07. The van der Waals surface area contributed by atoms with Crippen LogP contribution in [0.25, 0.3) is 0 Å². The van der Waals surface area contributed by atoms with E-state index in [1.165, 1.54) is 16.7 Å². The molecule has 0 atom stereocenters. The number of rotatable bonds is 3. The molecule has 0 radical (unpaired) electrons. The molecule has 2 nitrogen and oxygen atoms in total. The van der Waals surface area contributed by atoms with Crippen LogP contribution >= 0.6 is 0 Å². The average Bonchev–Trinajstić information content (AvgIpc) is 2.32. The number of benzene rings is 2. The third kappa shape index (κ3) is 2.78. The molecule has 2 aromatic carbocycles. The Hall–Kier alpha value is -1.96. The summed E-state index contributed by atoms with van der Waals surface area (Å²) in [7, 11) is 1.63. The molecule has 0 unspecified atom stereocenters. The number of ether oxygens (including phenoxy) is 1. The molecule has 0 aliphatic carbocycles. The van der Waals surface area contributed by atoms with E-state index in [2.05, 4.69) is 37.3 Å². The number of nitrogen functional groups attached to an aromatic ring is 1. The van der Waals surface area contributed by atoms with Crippen molar-refractivity contribution in [1.29, 1.82) is 0 Å². The van der Waals surface area contributed by atoms with E-state index in [1.807, 2.05) is 12.1 Å². The van der Waals surface area contributed by atoms with E-state index in [0.29, 0.717) is 5.69 Å². The van der Waals surface area contributed by atoms with Crippen molar-refractivity contribution >= 4 is 5.69 Å². The Labute approximate surface area is 102 Å². The predicted molar refractivity (Wildman–Crippen MR) is 71.4 cm³/mol. The van der Waals surface area contributed by atoms with E-state index in [4.69, 9.17) is 10.5 Å². The highest BCUT2D eigenvalue weighted by Crippen LogP contribution is 2.23. The molecule has 0 saturated heterocycles. The third-order valence-corrected chi connectivity index (χ3v) is 2.82. The summed E-state index contributed by atoms with van der Waals surface area (Å²) in [5, 5.41) is 0. The van der Waals surface area contributed by atoms with Crippen LogP contribution in [0.3, 0.4) is 0 Å². The first-order chi connectivity index (χ1) is 8.19. The van der Waals surface area contributed by atoms with Crippen molar-refractivity contribution in [2.24, 2.45) is 0 Å². The van der Waals surface area contributed by atoms with Gasteiger partial charge in [0.25, 0.3) is 0 Å². The van der Waals surface area contributed by atoms with Crippen LogP contribution in [0.1, 0.15) is 16.7 Å². The van der Waals surface area contributed by atoms with Crippen molar-refractivity contribution in [2.45, 2.75) is 13.3 Å². The fourth-order valence-corrected chi connectivity index (χ4v) is 1.84. The molecule has 2 aromatic rings. The average molecular weight is 227 g/mol. The van der Waals surface area contributed by atoms with Crippen LogP contribution in [0, 0.1) is 6.92 Å². The minimum atomic E-state index is 0.692. The van der Waals surface area contributed by atoms with Gasteiger partial charge >= 0.3 is 0 Å². The van der Waals surface area contributed by atoms with E-state index in [0.717, 1.165) is 12.2 Å². The molecule has 2 heteroatoms. The van der Waals surface area contributed by atoms with Crippen molar-refractivity contribution in [3.8, 4) is 5.75 Å². The summed E-state index contributed by atoms with van der Waals surface area (Å²) in [5.74, 6) is 0.734. The van der Waals surface area contributed by atoms with Gasteiger partial charge in [-0.2, -0.15) is 0 Å². The summed E-state index contributed by atoms with van der Waals surface area (Å²) in [4.78, 5) is 0. The molecule has 0 bridgehead atoms. The zero-order chi connectivity index (χ0) is 12.3. The summed E-state index contributed by atoms with van der Waals surface area (Å²) in [6.45, 7) is 2.09. The lowest BCUT2D eigenvalue weighted by Crippen LogP contribution is -1.95. The van der Waals surface area contributed by atoms with E-state index in [9.17, 15) is 0 Å². The summed E-state index contributed by atoms with van der Waals surface area (Å²) in [6, 6.07) is 14.5. The van der Waals surface area contributed by atoms with Crippen LogP contribution in [-0.4, -0.2) is 7.11 Å². The van der Waals surface area contributed by atoms with Crippen LogP contribution in [0.5, 0.6) is 5.75 Å². The van der Waals surface area contributed by atoms with E-state index >= 15 is 0 Å². The first-order valence-corrected chi connectivity index (χ1v) is 5.67. The fourth-order valence-electron chi connectivity index (χ4n) is 1.84. The highest BCUT2D eigenvalue weighted by atomic mass is 16.5. The van der Waals surface area contributed by atoms with Gasteiger partial charge in [0.1, 0.15) is 5.75 Å². The standard InChI is InChI=1S/C15H17NO/c1-11-3-5-12(6-4-11)9-13-7-8-15(17-2)14(16)10-13/h3-8,10H,9,16H2,1-2H3. The second-order valence-electron chi connectivity index (χ2n) is 4.24. The summed E-state index contributed by atoms with van der Waals surface area (Å²) in [5.41, 5.74) is 10.3. The van der Waals surface area contributed by atoms with Crippen LogP contribution < -0.4 is 10.5 Å². The van der Waals surface area contributed by atoms with Gasteiger partial charge in [-0.3, -0.25) is 0 Å². The molecule has 0 fully saturated rings. The minimum absolute atomic E-state index is 0.692. The Balaban J connectivity index is 2.19.